The molecule has 1 heterocycles. The zero-order valence-corrected chi connectivity index (χ0v) is 17.6. The van der Waals surface area contributed by atoms with E-state index in [-0.39, 0.29) is 22.7 Å². The first-order valence-electron chi connectivity index (χ1n) is 10.5. The topological polar surface area (TPSA) is 76.4 Å². The Bertz CT molecular complexity index is 956. The highest BCUT2D eigenvalue weighted by atomic mass is 32.2. The molecule has 1 aromatic heterocycles. The van der Waals surface area contributed by atoms with Gasteiger partial charge in [0.1, 0.15) is 5.76 Å². The van der Waals surface area contributed by atoms with Crippen LogP contribution in [0.25, 0.3) is 0 Å². The van der Waals surface area contributed by atoms with Gasteiger partial charge in [-0.15, -0.1) is 0 Å². The monoisotopic (exact) mass is 413 g/mol. The molecule has 2 aliphatic carbocycles. The second kappa shape index (κ2) is 8.66. The second-order valence-electron chi connectivity index (χ2n) is 8.07. The lowest BCUT2D eigenvalue weighted by Crippen LogP contribution is -2.20. The van der Waals surface area contributed by atoms with Gasteiger partial charge in [-0.3, -0.25) is 13.8 Å². The molecule has 1 unspecified atom stereocenters. The van der Waals surface area contributed by atoms with Gasteiger partial charge in [-0.2, -0.15) is 0 Å². The summed E-state index contributed by atoms with van der Waals surface area (Å²) in [6.07, 6.45) is 7.64. The van der Waals surface area contributed by atoms with E-state index < -0.39 is 10.8 Å². The lowest BCUT2D eigenvalue weighted by atomic mass is 9.94. The van der Waals surface area contributed by atoms with E-state index in [0.29, 0.717) is 41.2 Å². The van der Waals surface area contributed by atoms with Gasteiger partial charge in [-0.1, -0.05) is 31.4 Å². The fraction of sp³-hybridized carbons (Fsp3) is 0.478. The van der Waals surface area contributed by atoms with Crippen LogP contribution in [0.5, 0.6) is 0 Å². The first-order valence-corrected chi connectivity index (χ1v) is 11.8. The third-order valence-corrected chi connectivity index (χ3v) is 7.76. The fourth-order valence-electron chi connectivity index (χ4n) is 4.40. The lowest BCUT2D eigenvalue weighted by Gasteiger charge is -2.21. The van der Waals surface area contributed by atoms with E-state index in [1.54, 1.807) is 6.92 Å². The Labute approximate surface area is 173 Å². The summed E-state index contributed by atoms with van der Waals surface area (Å²) in [5, 5.41) is 3.16. The minimum atomic E-state index is -0.886. The number of anilines is 1. The Kier molecular flexibility index (Phi) is 5.99. The van der Waals surface area contributed by atoms with Crippen LogP contribution >= 0.6 is 0 Å². The molecule has 1 aromatic carbocycles. The van der Waals surface area contributed by atoms with Crippen LogP contribution in [-0.4, -0.2) is 21.1 Å². The van der Waals surface area contributed by atoms with Crippen LogP contribution in [-0.2, 0) is 23.0 Å². The first-order chi connectivity index (χ1) is 14.0. The van der Waals surface area contributed by atoms with Crippen molar-refractivity contribution < 1.29 is 18.2 Å². The Hall–Kier alpha value is -2.21. The molecule has 2 aliphatic rings. The number of rotatable bonds is 5. The number of fused-ring (bicyclic) bond motifs is 1. The molecule has 4 rings (SSSR count). The minimum absolute atomic E-state index is 0.0544. The maximum Gasteiger partial charge on any atom is 0.291 e. The number of carbonyl (C=O) groups is 2. The summed E-state index contributed by atoms with van der Waals surface area (Å²) in [7, 11) is -0.886. The molecule has 0 saturated heterocycles. The van der Waals surface area contributed by atoms with E-state index in [2.05, 4.69) is 5.32 Å². The molecule has 2 aromatic rings. The SMILES string of the molecule is Cc1c(C(=O)Nc2cccc(CS(=O)C3CCCCC3)c2)oc2c1C(=O)CCC2. The van der Waals surface area contributed by atoms with Gasteiger partial charge in [-0.05, 0) is 43.9 Å². The molecule has 1 N–H and O–H groups in total. The number of carbonyl (C=O) groups excluding carboxylic acids is 2. The number of hydrogen-bond acceptors (Lipinski definition) is 4. The number of amides is 1. The van der Waals surface area contributed by atoms with Crippen LogP contribution in [0.3, 0.4) is 0 Å². The maximum absolute atomic E-state index is 12.8. The predicted octanol–water partition coefficient (Wildman–Crippen LogP) is 4.94. The average Bonchev–Trinajstić information content (AvgIpc) is 3.07. The predicted molar refractivity (Wildman–Crippen MR) is 114 cm³/mol. The van der Waals surface area contributed by atoms with Gasteiger partial charge in [0.15, 0.2) is 11.5 Å². The summed E-state index contributed by atoms with van der Waals surface area (Å²) >= 11 is 0. The van der Waals surface area contributed by atoms with Gasteiger partial charge in [0, 0.05) is 45.9 Å². The highest BCUT2D eigenvalue weighted by Crippen LogP contribution is 2.30. The van der Waals surface area contributed by atoms with E-state index in [4.69, 9.17) is 4.42 Å². The van der Waals surface area contributed by atoms with E-state index in [1.807, 2.05) is 24.3 Å². The van der Waals surface area contributed by atoms with E-state index >= 15 is 0 Å². The van der Waals surface area contributed by atoms with Crippen molar-refractivity contribution in [3.8, 4) is 0 Å². The summed E-state index contributed by atoms with van der Waals surface area (Å²) in [6, 6.07) is 7.51. The normalized spacial score (nSPS) is 18.3. The highest BCUT2D eigenvalue weighted by molar-refractivity contribution is 7.84. The number of ketones is 1. The van der Waals surface area contributed by atoms with Crippen LogP contribution in [0, 0.1) is 6.92 Å². The first kappa shape index (κ1) is 20.1. The summed E-state index contributed by atoms with van der Waals surface area (Å²) in [5.74, 6) is 1.05. The van der Waals surface area contributed by atoms with Crippen molar-refractivity contribution in [3.05, 3.63) is 52.5 Å². The molecular formula is C23H27NO4S. The van der Waals surface area contributed by atoms with Gasteiger partial charge in [0.2, 0.25) is 0 Å². The van der Waals surface area contributed by atoms with Gasteiger partial charge < -0.3 is 9.73 Å². The minimum Gasteiger partial charge on any atom is -0.455 e. The Morgan fingerprint density at radius 2 is 1.97 bits per heavy atom. The summed E-state index contributed by atoms with van der Waals surface area (Å²) in [5.41, 5.74) is 2.81. The van der Waals surface area contributed by atoms with Crippen molar-refractivity contribution in [1.82, 2.24) is 0 Å². The Balaban J connectivity index is 1.46. The van der Waals surface area contributed by atoms with Crippen molar-refractivity contribution in [1.29, 1.82) is 0 Å². The molecular weight excluding hydrogens is 386 g/mol. The molecule has 1 atom stereocenters. The maximum atomic E-state index is 12.8. The zero-order valence-electron chi connectivity index (χ0n) is 16.8. The number of hydrogen-bond donors (Lipinski definition) is 1. The van der Waals surface area contributed by atoms with Crippen molar-refractivity contribution >= 4 is 28.2 Å². The van der Waals surface area contributed by atoms with Crippen LogP contribution in [0.2, 0.25) is 0 Å². The molecule has 154 valence electrons. The summed E-state index contributed by atoms with van der Waals surface area (Å²) in [6.45, 7) is 1.77. The molecule has 29 heavy (non-hydrogen) atoms. The van der Waals surface area contributed by atoms with Crippen molar-refractivity contribution in [2.24, 2.45) is 0 Å². The van der Waals surface area contributed by atoms with Crippen LogP contribution < -0.4 is 5.32 Å². The van der Waals surface area contributed by atoms with E-state index in [1.165, 1.54) is 19.3 Å². The Morgan fingerprint density at radius 1 is 1.17 bits per heavy atom. The van der Waals surface area contributed by atoms with Crippen LogP contribution in [0.15, 0.2) is 28.7 Å². The number of benzene rings is 1. The quantitative estimate of drug-likeness (QED) is 0.753. The van der Waals surface area contributed by atoms with Gasteiger partial charge in [-0.25, -0.2) is 0 Å². The van der Waals surface area contributed by atoms with Crippen molar-refractivity contribution in [3.63, 3.8) is 0 Å². The molecule has 6 heteroatoms. The molecule has 1 saturated carbocycles. The standard InChI is InChI=1S/C23H27NO4S/c1-15-21-19(25)11-6-12-20(21)28-22(15)23(26)24-17-8-5-7-16(13-17)14-29(27)18-9-3-2-4-10-18/h5,7-8,13,18H,2-4,6,9-12,14H2,1H3,(H,24,26). The van der Waals surface area contributed by atoms with Gasteiger partial charge >= 0.3 is 0 Å². The molecule has 5 nitrogen and oxygen atoms in total. The summed E-state index contributed by atoms with van der Waals surface area (Å²) < 4.78 is 18.4. The lowest BCUT2D eigenvalue weighted by molar-refractivity contribution is 0.0963. The van der Waals surface area contributed by atoms with Crippen LogP contribution in [0.1, 0.15) is 82.7 Å². The average molecular weight is 414 g/mol. The van der Waals surface area contributed by atoms with Gasteiger partial charge in [0.05, 0.1) is 5.56 Å². The highest BCUT2D eigenvalue weighted by Gasteiger charge is 2.29. The number of furan rings is 1. The zero-order chi connectivity index (χ0) is 20.4. The second-order valence-corrected chi connectivity index (χ2v) is 9.79. The molecule has 1 amide bonds. The van der Waals surface area contributed by atoms with E-state index in [9.17, 15) is 13.8 Å². The molecule has 0 spiro atoms. The molecule has 0 bridgehead atoms. The fourth-order valence-corrected chi connectivity index (χ4v) is 6.01. The Morgan fingerprint density at radius 3 is 2.72 bits per heavy atom. The number of aryl methyl sites for hydroxylation is 1. The van der Waals surface area contributed by atoms with Crippen molar-refractivity contribution in [2.75, 3.05) is 5.32 Å². The number of nitrogens with one attached hydrogen (secondary N) is 1. The van der Waals surface area contributed by atoms with Crippen molar-refractivity contribution in [2.45, 2.75) is 69.3 Å². The van der Waals surface area contributed by atoms with E-state index in [0.717, 1.165) is 24.8 Å². The van der Waals surface area contributed by atoms with Gasteiger partial charge in [0.25, 0.3) is 5.91 Å². The third-order valence-electron chi connectivity index (χ3n) is 5.93. The van der Waals surface area contributed by atoms with Crippen LogP contribution in [0.4, 0.5) is 5.69 Å². The smallest absolute Gasteiger partial charge is 0.291 e. The summed E-state index contributed by atoms with van der Waals surface area (Å²) in [4.78, 5) is 24.9. The number of Topliss-reactive ketones (excluding diaryl/α,β-unsaturated/α-hetero) is 1. The molecule has 1 fully saturated rings. The largest absolute Gasteiger partial charge is 0.455 e. The third kappa shape index (κ3) is 4.37. The molecule has 0 radical (unpaired) electrons. The molecule has 0 aliphatic heterocycles.